The van der Waals surface area contributed by atoms with Crippen molar-refractivity contribution in [3.05, 3.63) is 71.6 Å². The van der Waals surface area contributed by atoms with E-state index >= 15 is 0 Å². The molecule has 1 aliphatic rings. The van der Waals surface area contributed by atoms with Crippen LogP contribution < -0.4 is 10.6 Å². The van der Waals surface area contributed by atoms with Gasteiger partial charge in [-0.05, 0) is 36.6 Å². The smallest absolute Gasteiger partial charge is 0.226 e. The van der Waals surface area contributed by atoms with E-state index in [4.69, 9.17) is 5.73 Å². The summed E-state index contributed by atoms with van der Waals surface area (Å²) in [5.41, 5.74) is 9.94. The predicted octanol–water partition coefficient (Wildman–Crippen LogP) is 3.35. The van der Waals surface area contributed by atoms with E-state index in [0.717, 1.165) is 36.8 Å². The SMILES string of the molecule is CC#Cc1nc2cc(-c3cccc(CN4CCN(c5ccc(F)cc5F)CC4)c3)nc(N)n2n1. The summed E-state index contributed by atoms with van der Waals surface area (Å²) in [6, 6.07) is 13.7. The fourth-order valence-electron chi connectivity index (χ4n) is 4.20. The number of nitrogens with two attached hydrogens (primary N) is 1. The van der Waals surface area contributed by atoms with Gasteiger partial charge in [0.25, 0.3) is 0 Å². The Morgan fingerprint density at radius 3 is 2.59 bits per heavy atom. The van der Waals surface area contributed by atoms with E-state index in [-0.39, 0.29) is 5.95 Å². The first kappa shape index (κ1) is 21.8. The predicted molar refractivity (Wildman–Crippen MR) is 127 cm³/mol. The third-order valence-electron chi connectivity index (χ3n) is 5.84. The van der Waals surface area contributed by atoms with E-state index in [1.807, 2.05) is 23.1 Å². The number of halogens is 2. The number of hydrogen-bond acceptors (Lipinski definition) is 6. The van der Waals surface area contributed by atoms with Gasteiger partial charge in [-0.3, -0.25) is 4.90 Å². The molecule has 2 aromatic heterocycles. The fourth-order valence-corrected chi connectivity index (χ4v) is 4.20. The number of hydrogen-bond donors (Lipinski definition) is 1. The summed E-state index contributed by atoms with van der Waals surface area (Å²) in [5.74, 6) is 5.19. The molecule has 172 valence electrons. The summed E-state index contributed by atoms with van der Waals surface area (Å²) < 4.78 is 28.8. The Morgan fingerprint density at radius 1 is 1.00 bits per heavy atom. The summed E-state index contributed by atoms with van der Waals surface area (Å²) in [7, 11) is 0. The van der Waals surface area contributed by atoms with E-state index in [1.165, 1.54) is 16.6 Å². The van der Waals surface area contributed by atoms with Crippen LogP contribution in [0.1, 0.15) is 18.3 Å². The number of piperazine rings is 1. The van der Waals surface area contributed by atoms with Crippen molar-refractivity contribution >= 4 is 17.3 Å². The lowest BCUT2D eigenvalue weighted by Crippen LogP contribution is -2.46. The van der Waals surface area contributed by atoms with Crippen LogP contribution in [-0.4, -0.2) is 50.7 Å². The zero-order valence-electron chi connectivity index (χ0n) is 18.7. The largest absolute Gasteiger partial charge is 0.368 e. The first-order chi connectivity index (χ1) is 16.5. The summed E-state index contributed by atoms with van der Waals surface area (Å²) in [4.78, 5) is 13.2. The van der Waals surface area contributed by atoms with Gasteiger partial charge < -0.3 is 10.6 Å². The van der Waals surface area contributed by atoms with Crippen molar-refractivity contribution in [2.75, 3.05) is 36.8 Å². The molecule has 3 heterocycles. The minimum absolute atomic E-state index is 0.249. The van der Waals surface area contributed by atoms with Crippen molar-refractivity contribution in [3.63, 3.8) is 0 Å². The molecule has 0 radical (unpaired) electrons. The molecule has 7 nitrogen and oxygen atoms in total. The zero-order valence-corrected chi connectivity index (χ0v) is 18.7. The topological polar surface area (TPSA) is 75.6 Å². The van der Waals surface area contributed by atoms with Crippen molar-refractivity contribution < 1.29 is 8.78 Å². The second kappa shape index (κ2) is 9.08. The van der Waals surface area contributed by atoms with Crippen LogP contribution in [-0.2, 0) is 6.54 Å². The zero-order chi connectivity index (χ0) is 23.7. The van der Waals surface area contributed by atoms with E-state index in [2.05, 4.69) is 43.9 Å². The fraction of sp³-hybridized carbons (Fsp3) is 0.240. The van der Waals surface area contributed by atoms with Crippen LogP contribution >= 0.6 is 0 Å². The van der Waals surface area contributed by atoms with Gasteiger partial charge in [-0.15, -0.1) is 5.10 Å². The quantitative estimate of drug-likeness (QED) is 0.472. The molecule has 1 fully saturated rings. The van der Waals surface area contributed by atoms with Crippen molar-refractivity contribution in [3.8, 4) is 23.1 Å². The van der Waals surface area contributed by atoms with Crippen LogP contribution in [0.3, 0.4) is 0 Å². The number of anilines is 2. The van der Waals surface area contributed by atoms with Crippen LogP contribution in [0.5, 0.6) is 0 Å². The maximum Gasteiger partial charge on any atom is 0.226 e. The third kappa shape index (κ3) is 4.40. The minimum atomic E-state index is -0.561. The van der Waals surface area contributed by atoms with Crippen LogP contribution in [0.15, 0.2) is 48.5 Å². The molecule has 4 aromatic rings. The van der Waals surface area contributed by atoms with Gasteiger partial charge in [-0.1, -0.05) is 24.1 Å². The van der Waals surface area contributed by atoms with Crippen molar-refractivity contribution in [2.45, 2.75) is 13.5 Å². The highest BCUT2D eigenvalue weighted by molar-refractivity contribution is 5.66. The Labute approximate surface area is 195 Å². The molecule has 1 aliphatic heterocycles. The highest BCUT2D eigenvalue weighted by atomic mass is 19.1. The summed E-state index contributed by atoms with van der Waals surface area (Å²) in [6.45, 7) is 5.38. The molecular formula is C25H23F2N7. The standard InChI is InChI=1S/C25H23F2N7/c1-2-4-23-30-24-15-21(29-25(28)34(24)31-23)18-6-3-5-17(13-18)16-32-9-11-33(12-10-32)22-8-7-19(26)14-20(22)27/h3,5-8,13-15H,9-12,16H2,1H3,(H2,28,29). The minimum Gasteiger partial charge on any atom is -0.368 e. The van der Waals surface area contributed by atoms with Gasteiger partial charge in [0.1, 0.15) is 11.6 Å². The first-order valence-electron chi connectivity index (χ1n) is 11.0. The van der Waals surface area contributed by atoms with Gasteiger partial charge >= 0.3 is 0 Å². The van der Waals surface area contributed by atoms with E-state index in [0.29, 0.717) is 35.9 Å². The molecule has 9 heteroatoms. The van der Waals surface area contributed by atoms with E-state index in [1.54, 1.807) is 6.92 Å². The van der Waals surface area contributed by atoms with Gasteiger partial charge in [0, 0.05) is 50.4 Å². The van der Waals surface area contributed by atoms with Crippen molar-refractivity contribution in [1.82, 2.24) is 24.5 Å². The molecule has 1 saturated heterocycles. The van der Waals surface area contributed by atoms with Gasteiger partial charge in [0.15, 0.2) is 5.65 Å². The molecule has 0 bridgehead atoms. The summed E-state index contributed by atoms with van der Waals surface area (Å²) in [6.07, 6.45) is 0. The highest BCUT2D eigenvalue weighted by Gasteiger charge is 2.20. The molecule has 5 rings (SSSR count). The summed E-state index contributed by atoms with van der Waals surface area (Å²) >= 11 is 0. The average molecular weight is 460 g/mol. The van der Waals surface area contributed by atoms with Crippen LogP contribution in [0, 0.1) is 23.5 Å². The molecule has 34 heavy (non-hydrogen) atoms. The Morgan fingerprint density at radius 2 is 1.82 bits per heavy atom. The first-order valence-corrected chi connectivity index (χ1v) is 11.0. The van der Waals surface area contributed by atoms with Crippen LogP contribution in [0.2, 0.25) is 0 Å². The number of aromatic nitrogens is 4. The molecule has 2 aromatic carbocycles. The Balaban J connectivity index is 1.30. The molecule has 0 spiro atoms. The van der Waals surface area contributed by atoms with Gasteiger partial charge in [0.2, 0.25) is 11.8 Å². The van der Waals surface area contributed by atoms with Crippen LogP contribution in [0.4, 0.5) is 20.4 Å². The monoisotopic (exact) mass is 459 g/mol. The van der Waals surface area contributed by atoms with Gasteiger partial charge in [-0.25, -0.2) is 13.8 Å². The molecule has 0 atom stereocenters. The van der Waals surface area contributed by atoms with Crippen molar-refractivity contribution in [1.29, 1.82) is 0 Å². The second-order valence-electron chi connectivity index (χ2n) is 8.14. The van der Waals surface area contributed by atoms with E-state index in [9.17, 15) is 8.78 Å². The third-order valence-corrected chi connectivity index (χ3v) is 5.84. The number of rotatable bonds is 4. The highest BCUT2D eigenvalue weighted by Crippen LogP contribution is 2.24. The van der Waals surface area contributed by atoms with Gasteiger partial charge in [-0.2, -0.15) is 9.50 Å². The van der Waals surface area contributed by atoms with E-state index < -0.39 is 11.6 Å². The van der Waals surface area contributed by atoms with Gasteiger partial charge in [0.05, 0.1) is 11.4 Å². The number of benzene rings is 2. The molecule has 0 aliphatic carbocycles. The van der Waals surface area contributed by atoms with Crippen molar-refractivity contribution in [2.24, 2.45) is 0 Å². The lowest BCUT2D eigenvalue weighted by molar-refractivity contribution is 0.249. The normalized spacial score (nSPS) is 14.3. The Kier molecular flexibility index (Phi) is 5.82. The van der Waals surface area contributed by atoms with Crippen LogP contribution in [0.25, 0.3) is 16.9 Å². The lowest BCUT2D eigenvalue weighted by atomic mass is 10.1. The molecule has 0 saturated carbocycles. The molecule has 0 amide bonds. The molecule has 0 unspecified atom stereocenters. The molecular weight excluding hydrogens is 436 g/mol. The number of nitrogens with zero attached hydrogens (tertiary/aromatic N) is 6. The average Bonchev–Trinajstić information content (AvgIpc) is 3.24. The molecule has 2 N–H and O–H groups in total. The maximum absolute atomic E-state index is 14.1. The summed E-state index contributed by atoms with van der Waals surface area (Å²) in [5, 5.41) is 4.26. The number of fused-ring (bicyclic) bond motifs is 1. The Hall–Kier alpha value is -4.03. The second-order valence-corrected chi connectivity index (χ2v) is 8.14. The number of nitrogen functional groups attached to an aromatic ring is 1. The lowest BCUT2D eigenvalue weighted by Gasteiger charge is -2.36. The Bertz CT molecular complexity index is 1410. The maximum atomic E-state index is 14.1.